The van der Waals surface area contributed by atoms with Gasteiger partial charge in [0.2, 0.25) is 5.58 Å². The average Bonchev–Trinajstić information content (AvgIpc) is 3.29. The SMILES string of the molecule is CN1CCN(C(=O)COc2cccc3c(-c4cccs4)noc23)CC1. The first-order valence-electron chi connectivity index (χ1n) is 8.24. The van der Waals surface area contributed by atoms with Crippen LogP contribution in [0.25, 0.3) is 21.5 Å². The van der Waals surface area contributed by atoms with Gasteiger partial charge in [-0.1, -0.05) is 17.3 Å². The van der Waals surface area contributed by atoms with Crippen molar-refractivity contribution in [3.63, 3.8) is 0 Å². The van der Waals surface area contributed by atoms with Crippen LogP contribution in [0.2, 0.25) is 0 Å². The standard InChI is InChI=1S/C18H19N3O3S/c1-20-7-9-21(10-8-20)16(22)12-23-14-5-2-4-13-17(19-24-18(13)14)15-6-3-11-25-15/h2-6,11H,7-10,12H2,1H3. The van der Waals surface area contributed by atoms with E-state index in [0.717, 1.165) is 42.1 Å². The molecule has 4 rings (SSSR count). The molecule has 0 aliphatic carbocycles. The normalized spacial score (nSPS) is 15.6. The van der Waals surface area contributed by atoms with Crippen LogP contribution < -0.4 is 4.74 Å². The Balaban J connectivity index is 1.49. The van der Waals surface area contributed by atoms with Crippen molar-refractivity contribution in [3.8, 4) is 16.3 Å². The van der Waals surface area contributed by atoms with Gasteiger partial charge in [-0.15, -0.1) is 11.3 Å². The van der Waals surface area contributed by atoms with Gasteiger partial charge in [0.25, 0.3) is 5.91 Å². The minimum atomic E-state index is 0.00287. The number of amides is 1. The van der Waals surface area contributed by atoms with Crippen LogP contribution in [-0.4, -0.2) is 60.7 Å². The summed E-state index contributed by atoms with van der Waals surface area (Å²) in [5.41, 5.74) is 1.39. The molecular weight excluding hydrogens is 338 g/mol. The molecule has 3 heterocycles. The van der Waals surface area contributed by atoms with Crippen molar-refractivity contribution in [3.05, 3.63) is 35.7 Å². The van der Waals surface area contributed by atoms with Crippen LogP contribution in [-0.2, 0) is 4.79 Å². The monoisotopic (exact) mass is 357 g/mol. The van der Waals surface area contributed by atoms with Crippen molar-refractivity contribution in [1.82, 2.24) is 15.0 Å². The second kappa shape index (κ2) is 6.85. The fraction of sp³-hybridized carbons (Fsp3) is 0.333. The number of thiophene rings is 1. The quantitative estimate of drug-likeness (QED) is 0.719. The summed E-state index contributed by atoms with van der Waals surface area (Å²) in [6, 6.07) is 9.65. The summed E-state index contributed by atoms with van der Waals surface area (Å²) in [4.78, 5) is 17.4. The van der Waals surface area contributed by atoms with Crippen LogP contribution in [0.15, 0.2) is 40.2 Å². The molecule has 1 fully saturated rings. The summed E-state index contributed by atoms with van der Waals surface area (Å²) in [7, 11) is 2.06. The third-order valence-corrected chi connectivity index (χ3v) is 5.30. The maximum absolute atomic E-state index is 12.3. The largest absolute Gasteiger partial charge is 0.480 e. The molecule has 0 bridgehead atoms. The number of carbonyl (C=O) groups excluding carboxylic acids is 1. The van der Waals surface area contributed by atoms with Gasteiger partial charge in [0.15, 0.2) is 12.4 Å². The Kier molecular flexibility index (Phi) is 4.42. The molecule has 0 atom stereocenters. The molecule has 6 nitrogen and oxygen atoms in total. The molecule has 1 saturated heterocycles. The maximum Gasteiger partial charge on any atom is 0.260 e. The van der Waals surface area contributed by atoms with Gasteiger partial charge in [0.1, 0.15) is 5.69 Å². The van der Waals surface area contributed by atoms with Gasteiger partial charge in [0, 0.05) is 26.2 Å². The number of ether oxygens (including phenoxy) is 1. The van der Waals surface area contributed by atoms with E-state index in [0.29, 0.717) is 11.3 Å². The molecule has 7 heteroatoms. The molecule has 0 unspecified atom stereocenters. The van der Waals surface area contributed by atoms with Gasteiger partial charge in [-0.3, -0.25) is 4.79 Å². The molecule has 0 radical (unpaired) electrons. The molecule has 2 aromatic heterocycles. The van der Waals surface area contributed by atoms with Crippen LogP contribution in [0.3, 0.4) is 0 Å². The lowest BCUT2D eigenvalue weighted by Gasteiger charge is -2.32. The minimum absolute atomic E-state index is 0.00287. The Morgan fingerprint density at radius 3 is 2.84 bits per heavy atom. The van der Waals surface area contributed by atoms with E-state index in [1.165, 1.54) is 0 Å². The zero-order valence-corrected chi connectivity index (χ0v) is 14.8. The van der Waals surface area contributed by atoms with E-state index >= 15 is 0 Å². The van der Waals surface area contributed by atoms with Crippen molar-refractivity contribution >= 4 is 28.2 Å². The van der Waals surface area contributed by atoms with E-state index in [1.54, 1.807) is 11.3 Å². The Hall–Kier alpha value is -2.38. The Labute approximate surface area is 149 Å². The Bertz CT molecular complexity index is 867. The predicted molar refractivity (Wildman–Crippen MR) is 96.9 cm³/mol. The molecular formula is C18H19N3O3S. The Morgan fingerprint density at radius 2 is 2.08 bits per heavy atom. The molecule has 1 aliphatic rings. The van der Waals surface area contributed by atoms with Gasteiger partial charge in [-0.05, 0) is 30.6 Å². The molecule has 1 aliphatic heterocycles. The van der Waals surface area contributed by atoms with Crippen molar-refractivity contribution in [1.29, 1.82) is 0 Å². The molecule has 3 aromatic rings. The van der Waals surface area contributed by atoms with E-state index in [4.69, 9.17) is 9.26 Å². The summed E-state index contributed by atoms with van der Waals surface area (Å²) < 4.78 is 11.3. The summed E-state index contributed by atoms with van der Waals surface area (Å²) in [6.45, 7) is 3.29. The predicted octanol–water partition coefficient (Wildman–Crippen LogP) is 2.71. The smallest absolute Gasteiger partial charge is 0.260 e. The van der Waals surface area contributed by atoms with E-state index < -0.39 is 0 Å². The van der Waals surface area contributed by atoms with Crippen LogP contribution in [0.1, 0.15) is 0 Å². The highest BCUT2D eigenvalue weighted by Gasteiger charge is 2.20. The number of benzene rings is 1. The molecule has 0 saturated carbocycles. The zero-order valence-electron chi connectivity index (χ0n) is 14.0. The number of hydrogen-bond donors (Lipinski definition) is 0. The third-order valence-electron chi connectivity index (χ3n) is 4.42. The van der Waals surface area contributed by atoms with E-state index in [2.05, 4.69) is 17.1 Å². The fourth-order valence-corrected chi connectivity index (χ4v) is 3.65. The van der Waals surface area contributed by atoms with Crippen LogP contribution >= 0.6 is 11.3 Å². The van der Waals surface area contributed by atoms with Crippen molar-refractivity contribution < 1.29 is 14.1 Å². The van der Waals surface area contributed by atoms with Crippen LogP contribution in [0.5, 0.6) is 5.75 Å². The summed E-state index contributed by atoms with van der Waals surface area (Å²) in [6.07, 6.45) is 0. The molecule has 1 amide bonds. The lowest BCUT2D eigenvalue weighted by molar-refractivity contribution is -0.134. The highest BCUT2D eigenvalue weighted by molar-refractivity contribution is 7.13. The lowest BCUT2D eigenvalue weighted by Crippen LogP contribution is -2.48. The number of carbonyl (C=O) groups is 1. The van der Waals surface area contributed by atoms with Crippen LogP contribution in [0, 0.1) is 0 Å². The summed E-state index contributed by atoms with van der Waals surface area (Å²) in [5, 5.41) is 7.08. The first-order chi connectivity index (χ1) is 12.2. The van der Waals surface area contributed by atoms with Gasteiger partial charge in [0.05, 0.1) is 10.3 Å². The molecule has 25 heavy (non-hydrogen) atoms. The van der Waals surface area contributed by atoms with E-state index in [9.17, 15) is 4.79 Å². The fourth-order valence-electron chi connectivity index (χ4n) is 2.93. The maximum atomic E-state index is 12.3. The number of nitrogens with zero attached hydrogens (tertiary/aromatic N) is 3. The number of fused-ring (bicyclic) bond motifs is 1. The first-order valence-corrected chi connectivity index (χ1v) is 9.12. The first kappa shape index (κ1) is 16.1. The second-order valence-corrected chi connectivity index (χ2v) is 7.06. The van der Waals surface area contributed by atoms with E-state index in [-0.39, 0.29) is 12.5 Å². The molecule has 0 N–H and O–H groups in total. The van der Waals surface area contributed by atoms with Crippen molar-refractivity contribution in [2.24, 2.45) is 0 Å². The topological polar surface area (TPSA) is 58.8 Å². The lowest BCUT2D eigenvalue weighted by atomic mass is 10.2. The molecule has 0 spiro atoms. The van der Waals surface area contributed by atoms with Crippen LogP contribution in [0.4, 0.5) is 0 Å². The van der Waals surface area contributed by atoms with Crippen molar-refractivity contribution in [2.75, 3.05) is 39.8 Å². The number of likely N-dealkylation sites (N-methyl/N-ethyl adjacent to an activating group) is 1. The second-order valence-electron chi connectivity index (χ2n) is 6.11. The highest BCUT2D eigenvalue weighted by Crippen LogP contribution is 2.35. The number of aromatic nitrogens is 1. The van der Waals surface area contributed by atoms with Gasteiger partial charge >= 0.3 is 0 Å². The van der Waals surface area contributed by atoms with Crippen molar-refractivity contribution in [2.45, 2.75) is 0 Å². The number of piperazine rings is 1. The Morgan fingerprint density at radius 1 is 1.24 bits per heavy atom. The summed E-state index contributed by atoms with van der Waals surface area (Å²) >= 11 is 1.61. The van der Waals surface area contributed by atoms with E-state index in [1.807, 2.05) is 40.6 Å². The number of para-hydroxylation sites is 1. The number of rotatable bonds is 4. The van der Waals surface area contributed by atoms with Gasteiger partial charge in [-0.25, -0.2) is 0 Å². The summed E-state index contributed by atoms with van der Waals surface area (Å²) in [5.74, 6) is 0.554. The van der Waals surface area contributed by atoms with Gasteiger partial charge < -0.3 is 19.1 Å². The molecule has 130 valence electrons. The molecule has 1 aromatic carbocycles. The van der Waals surface area contributed by atoms with Gasteiger partial charge in [-0.2, -0.15) is 0 Å². The third kappa shape index (κ3) is 3.25. The average molecular weight is 357 g/mol. The number of hydrogen-bond acceptors (Lipinski definition) is 6. The zero-order chi connectivity index (χ0) is 17.2. The highest BCUT2D eigenvalue weighted by atomic mass is 32.1. The minimum Gasteiger partial charge on any atom is -0.480 e.